The van der Waals surface area contributed by atoms with Crippen LogP contribution < -0.4 is 4.74 Å². The number of rotatable bonds is 5. The van der Waals surface area contributed by atoms with Crippen LogP contribution in [-0.2, 0) is 10.5 Å². The van der Waals surface area contributed by atoms with Crippen LogP contribution in [0.4, 0.5) is 0 Å². The minimum atomic E-state index is -0.471. The molecule has 0 bridgehead atoms. The SMILES string of the molecule is CCOC(=O)c1ncc2[nH]c3ccc(CSC)cc3c2c1OC. The first kappa shape index (κ1) is 15.7. The van der Waals surface area contributed by atoms with Crippen molar-refractivity contribution in [3.63, 3.8) is 0 Å². The molecule has 0 spiro atoms. The van der Waals surface area contributed by atoms with E-state index in [1.54, 1.807) is 32.0 Å². The maximum atomic E-state index is 12.1. The molecule has 0 radical (unpaired) electrons. The third-order valence-electron chi connectivity index (χ3n) is 3.64. The summed E-state index contributed by atoms with van der Waals surface area (Å²) in [6.07, 6.45) is 3.72. The third-order valence-corrected chi connectivity index (χ3v) is 4.26. The largest absolute Gasteiger partial charge is 0.493 e. The molecule has 2 aromatic heterocycles. The minimum Gasteiger partial charge on any atom is -0.493 e. The summed E-state index contributed by atoms with van der Waals surface area (Å²) in [7, 11) is 1.55. The molecule has 0 unspecified atom stereocenters. The maximum Gasteiger partial charge on any atom is 0.360 e. The van der Waals surface area contributed by atoms with Gasteiger partial charge in [-0.3, -0.25) is 0 Å². The normalized spacial score (nSPS) is 11.1. The summed E-state index contributed by atoms with van der Waals surface area (Å²) in [6.45, 7) is 2.07. The predicted octanol–water partition coefficient (Wildman–Crippen LogP) is 3.76. The lowest BCUT2D eigenvalue weighted by Crippen LogP contribution is -2.09. The number of fused-ring (bicyclic) bond motifs is 3. The zero-order chi connectivity index (χ0) is 16.4. The average molecular weight is 330 g/mol. The van der Waals surface area contributed by atoms with Crippen LogP contribution >= 0.6 is 11.8 Å². The van der Waals surface area contributed by atoms with Gasteiger partial charge in [-0.25, -0.2) is 9.78 Å². The second-order valence-electron chi connectivity index (χ2n) is 5.09. The Kier molecular flexibility index (Phi) is 4.43. The van der Waals surface area contributed by atoms with Crippen LogP contribution in [0, 0.1) is 0 Å². The number of thioether (sulfide) groups is 1. The van der Waals surface area contributed by atoms with Crippen molar-refractivity contribution in [3.05, 3.63) is 35.7 Å². The summed E-state index contributed by atoms with van der Waals surface area (Å²) in [5.74, 6) is 0.912. The first-order chi connectivity index (χ1) is 11.2. The highest BCUT2D eigenvalue weighted by Gasteiger charge is 2.21. The van der Waals surface area contributed by atoms with Gasteiger partial charge >= 0.3 is 5.97 Å². The Labute approximate surface area is 138 Å². The highest BCUT2D eigenvalue weighted by molar-refractivity contribution is 7.97. The van der Waals surface area contributed by atoms with Crippen LogP contribution in [0.5, 0.6) is 5.75 Å². The fourth-order valence-electron chi connectivity index (χ4n) is 2.71. The molecule has 0 amide bonds. The average Bonchev–Trinajstić information content (AvgIpc) is 2.92. The topological polar surface area (TPSA) is 64.2 Å². The van der Waals surface area contributed by atoms with Crippen molar-refractivity contribution >= 4 is 39.5 Å². The third kappa shape index (κ3) is 2.74. The molecule has 2 heterocycles. The van der Waals surface area contributed by atoms with Crippen molar-refractivity contribution in [1.29, 1.82) is 0 Å². The maximum absolute atomic E-state index is 12.1. The Bertz CT molecular complexity index is 873. The first-order valence-corrected chi connectivity index (χ1v) is 8.72. The summed E-state index contributed by atoms with van der Waals surface area (Å²) in [5, 5.41) is 1.89. The zero-order valence-corrected chi connectivity index (χ0v) is 14.1. The van der Waals surface area contributed by atoms with Gasteiger partial charge in [0.15, 0.2) is 11.4 Å². The van der Waals surface area contributed by atoms with Crippen molar-refractivity contribution in [2.24, 2.45) is 0 Å². The summed E-state index contributed by atoms with van der Waals surface area (Å²) < 4.78 is 10.6. The van der Waals surface area contributed by atoms with Crippen LogP contribution in [0.1, 0.15) is 23.0 Å². The van der Waals surface area contributed by atoms with Gasteiger partial charge in [-0.1, -0.05) is 6.07 Å². The van der Waals surface area contributed by atoms with E-state index in [4.69, 9.17) is 9.47 Å². The van der Waals surface area contributed by atoms with Crippen molar-refractivity contribution in [2.75, 3.05) is 20.0 Å². The second kappa shape index (κ2) is 6.50. The van der Waals surface area contributed by atoms with Crippen LogP contribution in [-0.4, -0.2) is 35.9 Å². The molecule has 1 N–H and O–H groups in total. The van der Waals surface area contributed by atoms with E-state index < -0.39 is 5.97 Å². The fourth-order valence-corrected chi connectivity index (χ4v) is 3.22. The lowest BCUT2D eigenvalue weighted by atomic mass is 10.1. The number of methoxy groups -OCH3 is 1. The van der Waals surface area contributed by atoms with E-state index in [9.17, 15) is 4.79 Å². The molecule has 1 aromatic carbocycles. The number of carbonyl (C=O) groups is 1. The first-order valence-electron chi connectivity index (χ1n) is 7.33. The minimum absolute atomic E-state index is 0.206. The number of aromatic amines is 1. The number of nitrogens with one attached hydrogen (secondary N) is 1. The Balaban J connectivity index is 2.28. The smallest absolute Gasteiger partial charge is 0.360 e. The summed E-state index contributed by atoms with van der Waals surface area (Å²) in [5.41, 5.74) is 3.26. The van der Waals surface area contributed by atoms with E-state index in [1.807, 2.05) is 6.07 Å². The number of nitrogens with zero attached hydrogens (tertiary/aromatic N) is 1. The molecule has 3 aromatic rings. The van der Waals surface area contributed by atoms with Gasteiger partial charge in [0.1, 0.15) is 0 Å². The standard InChI is InChI=1S/C17H18N2O3S/c1-4-22-17(20)15-16(21-2)14-11-7-10(9-23-3)5-6-12(11)19-13(14)8-18-15/h5-8,19H,4,9H2,1-3H3. The molecule has 0 saturated heterocycles. The van der Waals surface area contributed by atoms with E-state index in [2.05, 4.69) is 28.4 Å². The van der Waals surface area contributed by atoms with Gasteiger partial charge in [0, 0.05) is 16.7 Å². The number of pyridine rings is 1. The Morgan fingerprint density at radius 3 is 2.87 bits per heavy atom. The summed E-state index contributed by atoms with van der Waals surface area (Å²) in [4.78, 5) is 19.7. The van der Waals surface area contributed by atoms with Crippen molar-refractivity contribution < 1.29 is 14.3 Å². The van der Waals surface area contributed by atoms with Crippen LogP contribution in [0.3, 0.4) is 0 Å². The number of hydrogen-bond acceptors (Lipinski definition) is 5. The quantitative estimate of drug-likeness (QED) is 0.722. The van der Waals surface area contributed by atoms with Gasteiger partial charge in [-0.2, -0.15) is 11.8 Å². The molecule has 6 heteroatoms. The molecule has 0 fully saturated rings. The molecule has 0 aliphatic carbocycles. The van der Waals surface area contributed by atoms with Gasteiger partial charge in [0.2, 0.25) is 0 Å². The Morgan fingerprint density at radius 2 is 2.17 bits per heavy atom. The van der Waals surface area contributed by atoms with Crippen molar-refractivity contribution in [1.82, 2.24) is 9.97 Å². The molecule has 0 saturated carbocycles. The van der Waals surface area contributed by atoms with Crippen molar-refractivity contribution in [3.8, 4) is 5.75 Å². The highest BCUT2D eigenvalue weighted by Crippen LogP contribution is 2.35. The van der Waals surface area contributed by atoms with Crippen LogP contribution in [0.2, 0.25) is 0 Å². The summed E-state index contributed by atoms with van der Waals surface area (Å²) >= 11 is 1.77. The molecule has 3 rings (SSSR count). The number of H-pyrrole nitrogens is 1. The van der Waals surface area contributed by atoms with E-state index in [0.29, 0.717) is 12.4 Å². The van der Waals surface area contributed by atoms with Gasteiger partial charge in [0.05, 0.1) is 30.8 Å². The number of benzene rings is 1. The highest BCUT2D eigenvalue weighted by atomic mass is 32.2. The number of ether oxygens (including phenoxy) is 2. The summed E-state index contributed by atoms with van der Waals surface area (Å²) in [6, 6.07) is 6.27. The van der Waals surface area contributed by atoms with Gasteiger partial charge in [-0.05, 0) is 30.9 Å². The van der Waals surface area contributed by atoms with E-state index in [0.717, 1.165) is 27.6 Å². The lowest BCUT2D eigenvalue weighted by molar-refractivity contribution is 0.0516. The number of esters is 1. The molecule has 23 heavy (non-hydrogen) atoms. The van der Waals surface area contributed by atoms with E-state index in [1.165, 1.54) is 5.56 Å². The van der Waals surface area contributed by atoms with Gasteiger partial charge < -0.3 is 14.5 Å². The Hall–Kier alpha value is -2.21. The zero-order valence-electron chi connectivity index (χ0n) is 13.3. The monoisotopic (exact) mass is 330 g/mol. The molecule has 5 nitrogen and oxygen atoms in total. The number of hydrogen-bond donors (Lipinski definition) is 1. The molecule has 120 valence electrons. The molecule has 0 aliphatic heterocycles. The van der Waals surface area contributed by atoms with Crippen LogP contribution in [0.15, 0.2) is 24.4 Å². The molecular formula is C17H18N2O3S. The van der Waals surface area contributed by atoms with Crippen molar-refractivity contribution in [2.45, 2.75) is 12.7 Å². The fraction of sp³-hybridized carbons (Fsp3) is 0.294. The molecular weight excluding hydrogens is 312 g/mol. The van der Waals surface area contributed by atoms with E-state index in [-0.39, 0.29) is 5.69 Å². The number of aromatic nitrogens is 2. The van der Waals surface area contributed by atoms with Gasteiger partial charge in [-0.15, -0.1) is 0 Å². The van der Waals surface area contributed by atoms with Gasteiger partial charge in [0.25, 0.3) is 0 Å². The molecule has 0 aliphatic rings. The van der Waals surface area contributed by atoms with E-state index >= 15 is 0 Å². The Morgan fingerprint density at radius 1 is 1.35 bits per heavy atom. The van der Waals surface area contributed by atoms with Crippen LogP contribution in [0.25, 0.3) is 21.8 Å². The molecule has 0 atom stereocenters. The lowest BCUT2D eigenvalue weighted by Gasteiger charge is -2.08. The predicted molar refractivity (Wildman–Crippen MR) is 93.3 cm³/mol. The number of carbonyl (C=O) groups excluding carboxylic acids is 1. The second-order valence-corrected chi connectivity index (χ2v) is 5.95.